The Bertz CT molecular complexity index is 474. The van der Waals surface area contributed by atoms with Gasteiger partial charge in [0.1, 0.15) is 13.2 Å². The Morgan fingerprint density at radius 2 is 1.95 bits per heavy atom. The number of nitrogens with one attached hydrogen (secondary N) is 1. The molecule has 0 aromatic heterocycles. The van der Waals surface area contributed by atoms with Crippen LogP contribution in [0.3, 0.4) is 0 Å². The molecule has 2 aliphatic rings. The van der Waals surface area contributed by atoms with Crippen LogP contribution in [-0.4, -0.2) is 19.8 Å². The predicted molar refractivity (Wildman–Crippen MR) is 83.5 cm³/mol. The van der Waals surface area contributed by atoms with Gasteiger partial charge in [-0.15, -0.1) is 0 Å². The smallest absolute Gasteiger partial charge is 0.162 e. The monoisotopic (exact) mass is 339 g/mol. The molecule has 1 heterocycles. The fourth-order valence-electron chi connectivity index (χ4n) is 2.98. The number of halogens is 1. The van der Waals surface area contributed by atoms with Gasteiger partial charge in [-0.2, -0.15) is 0 Å². The van der Waals surface area contributed by atoms with Gasteiger partial charge in [-0.3, -0.25) is 0 Å². The zero-order valence-corrected chi connectivity index (χ0v) is 13.5. The van der Waals surface area contributed by atoms with Crippen molar-refractivity contribution in [3.05, 3.63) is 22.2 Å². The molecule has 0 saturated heterocycles. The maximum absolute atomic E-state index is 5.72. The molecule has 0 bridgehead atoms. The molecule has 1 saturated carbocycles. The van der Waals surface area contributed by atoms with E-state index in [1.165, 1.54) is 31.2 Å². The highest BCUT2D eigenvalue weighted by Gasteiger charge is 2.25. The van der Waals surface area contributed by atoms with Crippen molar-refractivity contribution < 1.29 is 9.47 Å². The van der Waals surface area contributed by atoms with E-state index in [-0.39, 0.29) is 0 Å². The fraction of sp³-hybridized carbons (Fsp3) is 0.625. The van der Waals surface area contributed by atoms with Crippen LogP contribution < -0.4 is 14.8 Å². The quantitative estimate of drug-likeness (QED) is 0.877. The van der Waals surface area contributed by atoms with E-state index in [9.17, 15) is 0 Å². The molecule has 0 amide bonds. The molecule has 0 radical (unpaired) electrons. The first-order chi connectivity index (χ1) is 9.78. The molecule has 1 unspecified atom stereocenters. The highest BCUT2D eigenvalue weighted by Crippen LogP contribution is 2.41. The Balaban J connectivity index is 1.84. The van der Waals surface area contributed by atoms with Gasteiger partial charge in [-0.1, -0.05) is 42.1 Å². The van der Waals surface area contributed by atoms with Crippen molar-refractivity contribution in [3.63, 3.8) is 0 Å². The predicted octanol–water partition coefficient (Wildman–Crippen LogP) is 4.06. The van der Waals surface area contributed by atoms with E-state index >= 15 is 0 Å². The van der Waals surface area contributed by atoms with Crippen LogP contribution in [0, 0.1) is 5.92 Å². The highest BCUT2D eigenvalue weighted by molar-refractivity contribution is 9.10. The molecular weight excluding hydrogens is 318 g/mol. The summed E-state index contributed by atoms with van der Waals surface area (Å²) in [5.41, 5.74) is 1.29. The molecule has 3 nitrogen and oxygen atoms in total. The zero-order chi connectivity index (χ0) is 13.9. The minimum Gasteiger partial charge on any atom is -0.486 e. The maximum Gasteiger partial charge on any atom is 0.162 e. The molecule has 1 N–H and O–H groups in total. The number of rotatable bonds is 5. The molecule has 20 heavy (non-hydrogen) atoms. The van der Waals surface area contributed by atoms with Crippen LogP contribution >= 0.6 is 15.9 Å². The van der Waals surface area contributed by atoms with Crippen molar-refractivity contribution in [2.24, 2.45) is 5.92 Å². The van der Waals surface area contributed by atoms with Crippen molar-refractivity contribution in [2.75, 3.05) is 19.8 Å². The van der Waals surface area contributed by atoms with Crippen molar-refractivity contribution in [2.45, 2.75) is 38.6 Å². The summed E-state index contributed by atoms with van der Waals surface area (Å²) in [6, 6.07) is 4.59. The molecule has 0 spiro atoms. The molecule has 1 aromatic carbocycles. The van der Waals surface area contributed by atoms with Gasteiger partial charge in [-0.25, -0.2) is 0 Å². The van der Waals surface area contributed by atoms with Gasteiger partial charge in [0, 0.05) is 10.5 Å². The third-order valence-corrected chi connectivity index (χ3v) is 4.97. The summed E-state index contributed by atoms with van der Waals surface area (Å²) < 4.78 is 12.5. The van der Waals surface area contributed by atoms with Crippen molar-refractivity contribution >= 4 is 15.9 Å². The summed E-state index contributed by atoms with van der Waals surface area (Å²) in [7, 11) is 0. The Labute approximate surface area is 129 Å². The lowest BCUT2D eigenvalue weighted by atomic mass is 9.79. The minimum absolute atomic E-state index is 0.399. The summed E-state index contributed by atoms with van der Waals surface area (Å²) in [6.07, 6.45) is 5.37. The van der Waals surface area contributed by atoms with Gasteiger partial charge >= 0.3 is 0 Å². The molecule has 1 aliphatic carbocycles. The summed E-state index contributed by atoms with van der Waals surface area (Å²) in [5, 5.41) is 3.62. The second kappa shape index (κ2) is 6.35. The minimum atomic E-state index is 0.399. The Kier molecular flexibility index (Phi) is 4.51. The molecule has 3 rings (SSSR count). The average molecular weight is 340 g/mol. The van der Waals surface area contributed by atoms with Crippen LogP contribution in [0.1, 0.15) is 44.2 Å². The molecule has 110 valence electrons. The first-order valence-electron chi connectivity index (χ1n) is 7.60. The SMILES string of the molecule is CCNC(CC1CCC1)c1cc2c(cc1Br)OCCO2. The van der Waals surface area contributed by atoms with Crippen LogP contribution in [0.2, 0.25) is 0 Å². The highest BCUT2D eigenvalue weighted by atomic mass is 79.9. The van der Waals surface area contributed by atoms with Gasteiger partial charge in [-0.05, 0) is 36.6 Å². The lowest BCUT2D eigenvalue weighted by Crippen LogP contribution is -2.26. The summed E-state index contributed by atoms with van der Waals surface area (Å²) in [5.74, 6) is 2.61. The van der Waals surface area contributed by atoms with Gasteiger partial charge < -0.3 is 14.8 Å². The van der Waals surface area contributed by atoms with Crippen LogP contribution in [0.5, 0.6) is 11.5 Å². The number of benzene rings is 1. The van der Waals surface area contributed by atoms with E-state index in [4.69, 9.17) is 9.47 Å². The fourth-order valence-corrected chi connectivity index (χ4v) is 3.57. The van der Waals surface area contributed by atoms with E-state index in [0.29, 0.717) is 19.3 Å². The van der Waals surface area contributed by atoms with Gasteiger partial charge in [0.15, 0.2) is 11.5 Å². The second-order valence-corrected chi connectivity index (χ2v) is 6.51. The second-order valence-electron chi connectivity index (χ2n) is 5.66. The van der Waals surface area contributed by atoms with E-state index < -0.39 is 0 Å². The maximum atomic E-state index is 5.72. The van der Waals surface area contributed by atoms with Crippen LogP contribution in [0.25, 0.3) is 0 Å². The third kappa shape index (κ3) is 2.96. The normalized spacial score (nSPS) is 19.5. The van der Waals surface area contributed by atoms with E-state index in [1.54, 1.807) is 0 Å². The van der Waals surface area contributed by atoms with Gasteiger partial charge in [0.25, 0.3) is 0 Å². The van der Waals surface area contributed by atoms with Gasteiger partial charge in [0.05, 0.1) is 0 Å². The Hall–Kier alpha value is -0.740. The lowest BCUT2D eigenvalue weighted by molar-refractivity contribution is 0.171. The standard InChI is InChI=1S/C16H22BrNO2/c1-2-18-14(8-11-4-3-5-11)12-9-15-16(10-13(12)17)20-7-6-19-15/h9-11,14,18H,2-8H2,1H3. The Morgan fingerprint density at radius 1 is 1.25 bits per heavy atom. The topological polar surface area (TPSA) is 30.5 Å². The molecule has 4 heteroatoms. The molecule has 1 aliphatic heterocycles. The summed E-state index contributed by atoms with van der Waals surface area (Å²) >= 11 is 3.70. The van der Waals surface area contributed by atoms with Crippen molar-refractivity contribution in [1.82, 2.24) is 5.32 Å². The number of hydrogen-bond donors (Lipinski definition) is 1. The number of fused-ring (bicyclic) bond motifs is 1. The number of hydrogen-bond acceptors (Lipinski definition) is 3. The van der Waals surface area contributed by atoms with E-state index in [1.807, 2.05) is 0 Å². The molecule has 1 aromatic rings. The van der Waals surface area contributed by atoms with E-state index in [0.717, 1.165) is 28.4 Å². The zero-order valence-electron chi connectivity index (χ0n) is 12.0. The largest absolute Gasteiger partial charge is 0.486 e. The average Bonchev–Trinajstić information content (AvgIpc) is 2.41. The van der Waals surface area contributed by atoms with Crippen molar-refractivity contribution in [3.8, 4) is 11.5 Å². The molecular formula is C16H22BrNO2. The molecule has 1 atom stereocenters. The summed E-state index contributed by atoms with van der Waals surface area (Å²) in [4.78, 5) is 0. The van der Waals surface area contributed by atoms with Crippen LogP contribution in [-0.2, 0) is 0 Å². The van der Waals surface area contributed by atoms with E-state index in [2.05, 4.69) is 40.3 Å². The van der Waals surface area contributed by atoms with Crippen LogP contribution in [0.15, 0.2) is 16.6 Å². The van der Waals surface area contributed by atoms with Crippen molar-refractivity contribution in [1.29, 1.82) is 0 Å². The number of ether oxygens (including phenoxy) is 2. The summed E-state index contributed by atoms with van der Waals surface area (Å²) in [6.45, 7) is 4.43. The lowest BCUT2D eigenvalue weighted by Gasteiger charge is -2.31. The van der Waals surface area contributed by atoms with Crippen LogP contribution in [0.4, 0.5) is 0 Å². The third-order valence-electron chi connectivity index (χ3n) is 4.28. The Morgan fingerprint density at radius 3 is 2.55 bits per heavy atom. The van der Waals surface area contributed by atoms with Gasteiger partial charge in [0.2, 0.25) is 0 Å². The molecule has 1 fully saturated rings. The first kappa shape index (κ1) is 14.2. The first-order valence-corrected chi connectivity index (χ1v) is 8.39.